The fourth-order valence-electron chi connectivity index (χ4n) is 6.11. The van der Waals surface area contributed by atoms with Gasteiger partial charge in [-0.05, 0) is 43.1 Å². The summed E-state index contributed by atoms with van der Waals surface area (Å²) in [5, 5.41) is 12.7. The molecule has 19 nitrogen and oxygen atoms in total. The molecule has 0 unspecified atom stereocenters. The zero-order chi connectivity index (χ0) is 43.5. The van der Waals surface area contributed by atoms with Crippen molar-refractivity contribution in [2.24, 2.45) is 34.8 Å². The van der Waals surface area contributed by atoms with Crippen molar-refractivity contribution < 1.29 is 43.2 Å². The van der Waals surface area contributed by atoms with Crippen LogP contribution in [-0.4, -0.2) is 113 Å². The standard InChI is InChI=1S/C38H60N10O9S/c1-5-22(4)32(42)37(56)44-24(13-14-29(39)49)34(53)45-26(17-30(40)50)35(54)47-27(20-58-19-23-10-7-6-8-11-23)38(57)48-15-9-12-28(48)36(55)46-25(16-21(2)3)33(52)43-18-31(41)51/h6-8,10-11,21-22,24-28,32H,5,9,12-20,42H2,1-4H3,(H2,39,49)(H2,40,50)(H2,41,51)(H,43,52)(H,44,56)(H,45,53)(H,46,55)(H,47,54)/t22-,24-,25-,26-,27-,28-,32-/m0/s1. The fraction of sp³-hybridized carbons (Fsp3) is 0.605. The highest BCUT2D eigenvalue weighted by molar-refractivity contribution is 7.98. The molecule has 58 heavy (non-hydrogen) atoms. The number of rotatable bonds is 25. The van der Waals surface area contributed by atoms with Crippen molar-refractivity contribution in [3.05, 3.63) is 35.9 Å². The van der Waals surface area contributed by atoms with Crippen LogP contribution in [0.15, 0.2) is 30.3 Å². The maximum atomic E-state index is 14.3. The van der Waals surface area contributed by atoms with Crippen molar-refractivity contribution >= 4 is 64.9 Å². The number of carbonyl (C=O) groups is 9. The number of amides is 9. The van der Waals surface area contributed by atoms with E-state index < -0.39 is 102 Å². The second kappa shape index (κ2) is 24.5. The normalized spacial score (nSPS) is 16.8. The molecule has 0 bridgehead atoms. The van der Waals surface area contributed by atoms with Gasteiger partial charge in [0, 0.05) is 24.5 Å². The number of benzene rings is 1. The molecule has 1 aromatic carbocycles. The number of carbonyl (C=O) groups excluding carboxylic acids is 9. The highest BCUT2D eigenvalue weighted by atomic mass is 32.2. The summed E-state index contributed by atoms with van der Waals surface area (Å²) in [5.41, 5.74) is 22.9. The lowest BCUT2D eigenvalue weighted by Crippen LogP contribution is -2.60. The molecule has 1 fully saturated rings. The summed E-state index contributed by atoms with van der Waals surface area (Å²) in [6, 6.07) is 2.03. The SMILES string of the molecule is CC[C@H](C)[C@H](N)C(=O)N[C@@H](CCC(N)=O)C(=O)N[C@@H](CC(N)=O)C(=O)N[C@@H](CSCc1ccccc1)C(=O)N1CCC[C@H]1C(=O)N[C@@H](CC(C)C)C(=O)NCC(N)=O. The van der Waals surface area contributed by atoms with Gasteiger partial charge in [0.25, 0.3) is 0 Å². The van der Waals surface area contributed by atoms with Crippen LogP contribution in [0, 0.1) is 11.8 Å². The van der Waals surface area contributed by atoms with Crippen LogP contribution in [0.1, 0.15) is 78.2 Å². The van der Waals surface area contributed by atoms with Crippen LogP contribution >= 0.6 is 11.8 Å². The van der Waals surface area contributed by atoms with Crippen LogP contribution in [0.25, 0.3) is 0 Å². The summed E-state index contributed by atoms with van der Waals surface area (Å²) in [7, 11) is 0. The third kappa shape index (κ3) is 16.7. The third-order valence-electron chi connectivity index (χ3n) is 9.54. The minimum Gasteiger partial charge on any atom is -0.370 e. The van der Waals surface area contributed by atoms with Gasteiger partial charge in [0.1, 0.15) is 30.2 Å². The maximum absolute atomic E-state index is 14.3. The van der Waals surface area contributed by atoms with E-state index in [1.54, 1.807) is 6.92 Å². The first kappa shape index (κ1) is 48.9. The average molecular weight is 833 g/mol. The Morgan fingerprint density at radius 1 is 0.776 bits per heavy atom. The molecule has 1 aliphatic rings. The van der Waals surface area contributed by atoms with Crippen LogP contribution in [0.5, 0.6) is 0 Å². The Balaban J connectivity index is 2.37. The second-order valence-electron chi connectivity index (χ2n) is 14.8. The zero-order valence-electron chi connectivity index (χ0n) is 33.6. The third-order valence-corrected chi connectivity index (χ3v) is 10.6. The van der Waals surface area contributed by atoms with E-state index in [1.165, 1.54) is 16.7 Å². The van der Waals surface area contributed by atoms with E-state index >= 15 is 0 Å². The van der Waals surface area contributed by atoms with Gasteiger partial charge < -0.3 is 54.4 Å². The Hall–Kier alpha value is -5.24. The number of primary amides is 3. The lowest BCUT2D eigenvalue weighted by Gasteiger charge is -2.31. The van der Waals surface area contributed by atoms with Crippen molar-refractivity contribution in [3.63, 3.8) is 0 Å². The first-order valence-electron chi connectivity index (χ1n) is 19.4. The second-order valence-corrected chi connectivity index (χ2v) is 15.9. The lowest BCUT2D eigenvalue weighted by atomic mass is 9.98. The Labute approximate surface area is 343 Å². The molecule has 1 saturated heterocycles. The summed E-state index contributed by atoms with van der Waals surface area (Å²) in [5.74, 6) is -6.71. The summed E-state index contributed by atoms with van der Waals surface area (Å²) in [6.07, 6.45) is 0.244. The Bertz CT molecular complexity index is 1620. The van der Waals surface area contributed by atoms with E-state index in [2.05, 4.69) is 26.6 Å². The van der Waals surface area contributed by atoms with E-state index in [0.717, 1.165) is 5.56 Å². The van der Waals surface area contributed by atoms with E-state index in [9.17, 15) is 43.2 Å². The van der Waals surface area contributed by atoms with Gasteiger partial charge in [-0.3, -0.25) is 43.2 Å². The molecule has 322 valence electrons. The van der Waals surface area contributed by atoms with Crippen LogP contribution in [-0.2, 0) is 48.9 Å². The largest absolute Gasteiger partial charge is 0.370 e. The summed E-state index contributed by atoms with van der Waals surface area (Å²) < 4.78 is 0. The van der Waals surface area contributed by atoms with Gasteiger partial charge in [0.05, 0.1) is 19.0 Å². The van der Waals surface area contributed by atoms with Gasteiger partial charge in [-0.1, -0.05) is 64.4 Å². The van der Waals surface area contributed by atoms with E-state index in [0.29, 0.717) is 18.6 Å². The molecule has 0 aromatic heterocycles. The molecule has 0 saturated carbocycles. The predicted octanol–water partition coefficient (Wildman–Crippen LogP) is -1.99. The van der Waals surface area contributed by atoms with E-state index in [1.807, 2.05) is 51.1 Å². The molecule has 9 amide bonds. The van der Waals surface area contributed by atoms with Gasteiger partial charge in [0.2, 0.25) is 53.2 Å². The summed E-state index contributed by atoms with van der Waals surface area (Å²) in [4.78, 5) is 118. The number of nitrogens with one attached hydrogen (secondary N) is 5. The number of likely N-dealkylation sites (tertiary alicyclic amines) is 1. The minimum atomic E-state index is -1.62. The Kier molecular flexibility index (Phi) is 20.7. The van der Waals surface area contributed by atoms with Crippen LogP contribution in [0.2, 0.25) is 0 Å². The molecule has 1 heterocycles. The summed E-state index contributed by atoms with van der Waals surface area (Å²) in [6.45, 7) is 7.00. The smallest absolute Gasteiger partial charge is 0.246 e. The maximum Gasteiger partial charge on any atom is 0.246 e. The monoisotopic (exact) mass is 832 g/mol. The molecule has 1 aromatic rings. The molecule has 2 rings (SSSR count). The lowest BCUT2D eigenvalue weighted by molar-refractivity contribution is -0.142. The quantitative estimate of drug-likeness (QED) is 0.0520. The van der Waals surface area contributed by atoms with Crippen molar-refractivity contribution in [1.29, 1.82) is 0 Å². The average Bonchev–Trinajstić information content (AvgIpc) is 3.67. The van der Waals surface area contributed by atoms with E-state index in [4.69, 9.17) is 22.9 Å². The highest BCUT2D eigenvalue weighted by Gasteiger charge is 2.40. The van der Waals surface area contributed by atoms with Crippen molar-refractivity contribution in [1.82, 2.24) is 31.5 Å². The van der Waals surface area contributed by atoms with Crippen LogP contribution in [0.3, 0.4) is 0 Å². The predicted molar refractivity (Wildman–Crippen MR) is 216 cm³/mol. The molecule has 0 spiro atoms. The molecule has 7 atom stereocenters. The zero-order valence-corrected chi connectivity index (χ0v) is 34.4. The first-order chi connectivity index (χ1) is 27.3. The van der Waals surface area contributed by atoms with Gasteiger partial charge in [-0.2, -0.15) is 11.8 Å². The number of hydrogen-bond acceptors (Lipinski definition) is 11. The fourth-order valence-corrected chi connectivity index (χ4v) is 7.11. The van der Waals surface area contributed by atoms with Gasteiger partial charge in [0.15, 0.2) is 0 Å². The Morgan fingerprint density at radius 3 is 1.98 bits per heavy atom. The molecule has 20 heteroatoms. The van der Waals surface area contributed by atoms with Crippen molar-refractivity contribution in [2.75, 3.05) is 18.8 Å². The molecule has 0 radical (unpaired) electrons. The highest BCUT2D eigenvalue weighted by Crippen LogP contribution is 2.22. The first-order valence-corrected chi connectivity index (χ1v) is 20.5. The van der Waals surface area contributed by atoms with Crippen LogP contribution < -0.4 is 49.5 Å². The molecular weight excluding hydrogens is 773 g/mol. The van der Waals surface area contributed by atoms with Gasteiger partial charge in [-0.15, -0.1) is 0 Å². The van der Waals surface area contributed by atoms with Crippen molar-refractivity contribution in [3.8, 4) is 0 Å². The molecule has 0 aliphatic carbocycles. The Morgan fingerprint density at radius 2 is 1.40 bits per heavy atom. The number of hydrogen-bond donors (Lipinski definition) is 9. The minimum absolute atomic E-state index is 0.0117. The number of thioether (sulfide) groups is 1. The molecule has 13 N–H and O–H groups in total. The molecular formula is C38H60N10O9S. The number of nitrogens with two attached hydrogens (primary N) is 4. The van der Waals surface area contributed by atoms with Crippen LogP contribution in [0.4, 0.5) is 0 Å². The van der Waals surface area contributed by atoms with Gasteiger partial charge >= 0.3 is 0 Å². The van der Waals surface area contributed by atoms with E-state index in [-0.39, 0.29) is 49.8 Å². The van der Waals surface area contributed by atoms with Crippen molar-refractivity contribution in [2.45, 2.75) is 115 Å². The molecule has 1 aliphatic heterocycles. The summed E-state index contributed by atoms with van der Waals surface area (Å²) >= 11 is 1.31. The number of nitrogens with zero attached hydrogens (tertiary/aromatic N) is 1. The van der Waals surface area contributed by atoms with Gasteiger partial charge in [-0.25, -0.2) is 0 Å². The topological polar surface area (TPSA) is 321 Å².